The van der Waals surface area contributed by atoms with Crippen molar-refractivity contribution in [3.63, 3.8) is 0 Å². The lowest BCUT2D eigenvalue weighted by Crippen LogP contribution is -1.97. The molecule has 2 heteroatoms. The Kier molecular flexibility index (Phi) is 3.38. The lowest BCUT2D eigenvalue weighted by atomic mass is 9.91. The molecule has 1 aliphatic heterocycles. The first-order valence-corrected chi connectivity index (χ1v) is 6.51. The van der Waals surface area contributed by atoms with E-state index in [9.17, 15) is 0 Å². The minimum absolute atomic E-state index is 0.340. The van der Waals surface area contributed by atoms with Crippen LogP contribution in [0.5, 0.6) is 11.5 Å². The third-order valence-electron chi connectivity index (χ3n) is 3.94. The Hall–Kier alpha value is -1.44. The van der Waals surface area contributed by atoms with Crippen LogP contribution in [0, 0.1) is 19.8 Å². The molecule has 1 aromatic rings. The molecule has 0 bridgehead atoms. The molecule has 1 heterocycles. The smallest absolute Gasteiger partial charge is 0.231 e. The highest BCUT2D eigenvalue weighted by molar-refractivity contribution is 5.74. The van der Waals surface area contributed by atoms with Crippen LogP contribution in [0.4, 0.5) is 0 Å². The van der Waals surface area contributed by atoms with E-state index in [2.05, 4.69) is 47.6 Å². The number of hydrogen-bond donors (Lipinski definition) is 0. The van der Waals surface area contributed by atoms with Gasteiger partial charge in [-0.15, -0.1) is 0 Å². The Labute approximate surface area is 110 Å². The standard InChI is InChI=1S/C16H22O2/c1-9(2)11(4)12(5)14-7-10(3)15-16(13(14)6)18-8-17-15/h7,9H,8H2,1-6H3/b12-11-. The van der Waals surface area contributed by atoms with Crippen LogP contribution in [0.2, 0.25) is 0 Å². The molecule has 2 rings (SSSR count). The van der Waals surface area contributed by atoms with Crippen LogP contribution >= 0.6 is 0 Å². The van der Waals surface area contributed by atoms with Crippen molar-refractivity contribution < 1.29 is 9.47 Å². The molecule has 0 fully saturated rings. The van der Waals surface area contributed by atoms with Gasteiger partial charge in [-0.3, -0.25) is 0 Å². The van der Waals surface area contributed by atoms with Crippen LogP contribution in [-0.2, 0) is 0 Å². The van der Waals surface area contributed by atoms with Crippen LogP contribution < -0.4 is 9.47 Å². The fourth-order valence-corrected chi connectivity index (χ4v) is 2.40. The molecule has 0 amide bonds. The molecule has 98 valence electrons. The molecule has 0 N–H and O–H groups in total. The average Bonchev–Trinajstić information content (AvgIpc) is 2.81. The Bertz CT molecular complexity index is 510. The van der Waals surface area contributed by atoms with Gasteiger partial charge in [0.05, 0.1) is 0 Å². The van der Waals surface area contributed by atoms with Crippen molar-refractivity contribution in [1.82, 2.24) is 0 Å². The van der Waals surface area contributed by atoms with E-state index in [0.717, 1.165) is 17.1 Å². The second-order valence-corrected chi connectivity index (χ2v) is 5.39. The maximum Gasteiger partial charge on any atom is 0.231 e. The quantitative estimate of drug-likeness (QED) is 0.766. The molecular formula is C16H22O2. The van der Waals surface area contributed by atoms with Crippen molar-refractivity contribution in [2.75, 3.05) is 6.79 Å². The number of allylic oxidation sites excluding steroid dienone is 2. The Morgan fingerprint density at radius 1 is 1.11 bits per heavy atom. The van der Waals surface area contributed by atoms with Gasteiger partial charge in [-0.1, -0.05) is 19.4 Å². The summed E-state index contributed by atoms with van der Waals surface area (Å²) in [4.78, 5) is 0. The molecule has 2 nitrogen and oxygen atoms in total. The second kappa shape index (κ2) is 4.68. The summed E-state index contributed by atoms with van der Waals surface area (Å²) in [6.07, 6.45) is 0. The maximum atomic E-state index is 5.60. The minimum atomic E-state index is 0.340. The highest BCUT2D eigenvalue weighted by atomic mass is 16.7. The third-order valence-corrected chi connectivity index (χ3v) is 3.94. The monoisotopic (exact) mass is 246 g/mol. The number of rotatable bonds is 2. The van der Waals surface area contributed by atoms with Crippen LogP contribution in [0.3, 0.4) is 0 Å². The molecule has 1 aromatic carbocycles. The lowest BCUT2D eigenvalue weighted by molar-refractivity contribution is 0.173. The van der Waals surface area contributed by atoms with Gasteiger partial charge >= 0.3 is 0 Å². The minimum Gasteiger partial charge on any atom is -0.453 e. The van der Waals surface area contributed by atoms with Crippen LogP contribution in [0.1, 0.15) is 44.4 Å². The average molecular weight is 246 g/mol. The highest BCUT2D eigenvalue weighted by Crippen LogP contribution is 2.42. The Morgan fingerprint density at radius 3 is 2.33 bits per heavy atom. The molecule has 0 aliphatic carbocycles. The van der Waals surface area contributed by atoms with Crippen LogP contribution in [0.15, 0.2) is 11.6 Å². The summed E-state index contributed by atoms with van der Waals surface area (Å²) in [5.41, 5.74) is 6.40. The molecular weight excluding hydrogens is 224 g/mol. The second-order valence-electron chi connectivity index (χ2n) is 5.39. The summed E-state index contributed by atoms with van der Waals surface area (Å²) in [6, 6.07) is 2.21. The summed E-state index contributed by atoms with van der Waals surface area (Å²) in [5.74, 6) is 2.39. The molecule has 0 saturated carbocycles. The van der Waals surface area contributed by atoms with E-state index in [4.69, 9.17) is 9.47 Å². The first-order chi connectivity index (χ1) is 8.43. The molecule has 0 saturated heterocycles. The zero-order valence-electron chi connectivity index (χ0n) is 12.2. The van der Waals surface area contributed by atoms with Crippen molar-refractivity contribution in [3.05, 3.63) is 28.3 Å². The van der Waals surface area contributed by atoms with Gasteiger partial charge < -0.3 is 9.47 Å². The SMILES string of the molecule is C/C(=C(\C)C(C)C)c1cc(C)c2c(c1C)OCO2. The van der Waals surface area contributed by atoms with E-state index in [1.165, 1.54) is 22.3 Å². The first kappa shape index (κ1) is 13.0. The van der Waals surface area contributed by atoms with Gasteiger partial charge in [0.1, 0.15) is 0 Å². The predicted octanol–water partition coefficient (Wildman–Crippen LogP) is 4.48. The largest absolute Gasteiger partial charge is 0.453 e. The number of hydrogen-bond acceptors (Lipinski definition) is 2. The summed E-state index contributed by atoms with van der Waals surface area (Å²) >= 11 is 0. The van der Waals surface area contributed by atoms with Gasteiger partial charge in [-0.25, -0.2) is 0 Å². The first-order valence-electron chi connectivity index (χ1n) is 6.51. The van der Waals surface area contributed by atoms with Crippen molar-refractivity contribution in [2.45, 2.75) is 41.5 Å². The van der Waals surface area contributed by atoms with Gasteiger partial charge in [0, 0.05) is 5.56 Å². The van der Waals surface area contributed by atoms with Gasteiger partial charge in [-0.2, -0.15) is 0 Å². The van der Waals surface area contributed by atoms with Crippen molar-refractivity contribution in [3.8, 4) is 11.5 Å². The number of benzene rings is 1. The maximum absolute atomic E-state index is 5.60. The molecule has 0 spiro atoms. The Morgan fingerprint density at radius 2 is 1.72 bits per heavy atom. The Balaban J connectivity index is 2.61. The van der Waals surface area contributed by atoms with E-state index in [1.807, 2.05) is 0 Å². The van der Waals surface area contributed by atoms with E-state index < -0.39 is 0 Å². The summed E-state index contributed by atoms with van der Waals surface area (Å²) < 4.78 is 11.1. The zero-order chi connectivity index (χ0) is 13.4. The van der Waals surface area contributed by atoms with Gasteiger partial charge in [0.25, 0.3) is 0 Å². The molecule has 0 radical (unpaired) electrons. The third kappa shape index (κ3) is 2.00. The van der Waals surface area contributed by atoms with E-state index in [1.54, 1.807) is 0 Å². The van der Waals surface area contributed by atoms with Crippen LogP contribution in [0.25, 0.3) is 5.57 Å². The van der Waals surface area contributed by atoms with Crippen LogP contribution in [-0.4, -0.2) is 6.79 Å². The van der Waals surface area contributed by atoms with Crippen molar-refractivity contribution >= 4 is 5.57 Å². The number of ether oxygens (including phenoxy) is 2. The summed E-state index contributed by atoms with van der Waals surface area (Å²) in [5, 5.41) is 0. The number of fused-ring (bicyclic) bond motifs is 1. The van der Waals surface area contributed by atoms with Gasteiger partial charge in [-0.05, 0) is 56.4 Å². The summed E-state index contributed by atoms with van der Waals surface area (Å²) in [6.45, 7) is 13.4. The summed E-state index contributed by atoms with van der Waals surface area (Å²) in [7, 11) is 0. The fraction of sp³-hybridized carbons (Fsp3) is 0.500. The molecule has 0 aromatic heterocycles. The van der Waals surface area contributed by atoms with Gasteiger partial charge in [0.2, 0.25) is 6.79 Å². The lowest BCUT2D eigenvalue weighted by Gasteiger charge is -2.16. The zero-order valence-corrected chi connectivity index (χ0v) is 12.2. The molecule has 18 heavy (non-hydrogen) atoms. The van der Waals surface area contributed by atoms with Crippen molar-refractivity contribution in [2.24, 2.45) is 5.92 Å². The number of aryl methyl sites for hydroxylation is 1. The normalized spacial score (nSPS) is 15.1. The topological polar surface area (TPSA) is 18.5 Å². The molecule has 1 aliphatic rings. The van der Waals surface area contributed by atoms with E-state index >= 15 is 0 Å². The van der Waals surface area contributed by atoms with Gasteiger partial charge in [0.15, 0.2) is 11.5 Å². The van der Waals surface area contributed by atoms with E-state index in [-0.39, 0.29) is 0 Å². The van der Waals surface area contributed by atoms with Crippen molar-refractivity contribution in [1.29, 1.82) is 0 Å². The fourth-order valence-electron chi connectivity index (χ4n) is 2.40. The molecule has 0 atom stereocenters. The molecule has 0 unspecified atom stereocenters. The highest BCUT2D eigenvalue weighted by Gasteiger charge is 2.22. The van der Waals surface area contributed by atoms with E-state index in [0.29, 0.717) is 12.7 Å². The predicted molar refractivity (Wildman–Crippen MR) is 75.1 cm³/mol.